The van der Waals surface area contributed by atoms with Crippen LogP contribution in [0.2, 0.25) is 0 Å². The van der Waals surface area contributed by atoms with Crippen LogP contribution in [-0.2, 0) is 70.3 Å². The van der Waals surface area contributed by atoms with Crippen molar-refractivity contribution >= 4 is 70.9 Å². The van der Waals surface area contributed by atoms with Crippen molar-refractivity contribution in [3.05, 3.63) is 65.2 Å². The van der Waals surface area contributed by atoms with Gasteiger partial charge in [-0.1, -0.05) is 126 Å². The number of rotatable bonds is 20. The Morgan fingerprint density at radius 2 is 1.02 bits per heavy atom. The highest BCUT2D eigenvalue weighted by Gasteiger charge is 2.44. The van der Waals surface area contributed by atoms with Crippen LogP contribution in [0.4, 0.5) is 0 Å². The SMILES string of the molecule is CC[C@H](C)[C@H]1COCN(C)[C@@H](Cc2ccccc2)C(=O)N(C)C(CC(C)C)C(=O)N[C@@H](Cc2ccc(C(=O)NC)c(OC)c2)C(=O)N(C)[C@@H](CC(C)C)C(=O)N[C@@H]([C@@H](C)O)C(=O)N(C)[C@@H](CC(C)C)C(=O)N(C)[C@@H](CC(C)C)C(=O)N[C@H](C(=O)N2CCCCC2)CC(=O)N(C)CCCC(=O)N(C)[C@@H](CC(C)C)C(=O)N1. The molecule has 2 aromatic carbocycles. The first-order chi connectivity index (χ1) is 51.7. The molecule has 0 saturated carbocycles. The first kappa shape index (κ1) is 94.1. The minimum atomic E-state index is -1.72. The second-order valence-electron chi connectivity index (χ2n) is 32.7. The molecule has 110 heavy (non-hydrogen) atoms. The van der Waals surface area contributed by atoms with Crippen molar-refractivity contribution in [1.29, 1.82) is 0 Å². The molecular formula is C82H135N13O15. The minimum absolute atomic E-state index is 0.00650. The van der Waals surface area contributed by atoms with Crippen LogP contribution < -0.4 is 31.3 Å². The van der Waals surface area contributed by atoms with E-state index >= 15 is 33.6 Å². The number of hydrogen-bond donors (Lipinski definition) is 6. The first-order valence-corrected chi connectivity index (χ1v) is 39.6. The highest BCUT2D eigenvalue weighted by Crippen LogP contribution is 2.27. The Morgan fingerprint density at radius 1 is 0.536 bits per heavy atom. The van der Waals surface area contributed by atoms with Gasteiger partial charge in [-0.25, -0.2) is 0 Å². The maximum atomic E-state index is 15.7. The molecule has 2 saturated heterocycles. The summed E-state index contributed by atoms with van der Waals surface area (Å²) in [6.45, 7) is 24.9. The number of aliphatic hydroxyl groups is 1. The quantitative estimate of drug-likeness (QED) is 0.0953. The van der Waals surface area contributed by atoms with E-state index < -0.39 is 132 Å². The zero-order valence-corrected chi connectivity index (χ0v) is 70.1. The average Bonchev–Trinajstić information content (AvgIpc) is 0.815. The molecule has 12 amide bonds. The lowest BCUT2D eigenvalue weighted by atomic mass is 9.96. The summed E-state index contributed by atoms with van der Waals surface area (Å²) < 4.78 is 12.2. The minimum Gasteiger partial charge on any atom is -0.496 e. The van der Waals surface area contributed by atoms with E-state index in [0.29, 0.717) is 44.3 Å². The van der Waals surface area contributed by atoms with E-state index in [2.05, 4.69) is 26.6 Å². The second kappa shape index (κ2) is 45.3. The number of nitrogens with one attached hydrogen (secondary N) is 5. The number of methoxy groups -OCH3 is 1. The first-order valence-electron chi connectivity index (χ1n) is 39.6. The lowest BCUT2D eigenvalue weighted by Crippen LogP contribution is -2.62. The van der Waals surface area contributed by atoms with E-state index in [1.807, 2.05) is 113 Å². The van der Waals surface area contributed by atoms with Crippen molar-refractivity contribution in [3.8, 4) is 5.75 Å². The molecule has 0 spiro atoms. The molecule has 0 radical (unpaired) electrons. The average molecular weight is 1540 g/mol. The van der Waals surface area contributed by atoms with E-state index in [0.717, 1.165) is 16.9 Å². The number of hydrogen-bond acceptors (Lipinski definition) is 16. The molecule has 0 aromatic heterocycles. The van der Waals surface area contributed by atoms with E-state index in [4.69, 9.17) is 9.47 Å². The number of likely N-dealkylation sites (N-methyl/N-ethyl adjacent to an activating group) is 6. The van der Waals surface area contributed by atoms with Crippen molar-refractivity contribution in [2.24, 2.45) is 35.5 Å². The fourth-order valence-electron chi connectivity index (χ4n) is 14.2. The third-order valence-electron chi connectivity index (χ3n) is 21.2. The van der Waals surface area contributed by atoms with Crippen LogP contribution in [0.25, 0.3) is 0 Å². The van der Waals surface area contributed by atoms with Gasteiger partial charge in [0.05, 0.1) is 50.6 Å². The molecule has 2 fully saturated rings. The smallest absolute Gasteiger partial charge is 0.254 e. The molecule has 28 heteroatoms. The lowest BCUT2D eigenvalue weighted by molar-refractivity contribution is -0.152. The zero-order valence-electron chi connectivity index (χ0n) is 70.1. The molecule has 2 aromatic rings. The van der Waals surface area contributed by atoms with Gasteiger partial charge in [-0.05, 0) is 137 Å². The van der Waals surface area contributed by atoms with Gasteiger partial charge in [0.25, 0.3) is 5.91 Å². The Kier molecular flexibility index (Phi) is 38.8. The standard InChI is InChI=1S/C82H135N13O15/c1-23-55(12)62-48-110-49-89(16)67(45-57-31-26-24-27-32-57)80(106)92(19)64(40-51(4)5)75(101)84-60(44-58-34-35-59(73(99)83-14)69(46-58)109-22)78(104)91(18)66(42-53(8)9)77(103)87-72(56(13)96)82(108)94(21)68(43-54(10)11)81(107)93(20)65(41-52(6)7)76(102)85-61(79(105)95-37-28-25-29-38-95)47-71(98)88(15)36-30-33-70(97)90(17)63(39-50(2)3)74(100)86-62/h24,26-27,31-32,34-35,46,50-56,60-68,72,96H,23,25,28-30,33,36-45,47-49H2,1-22H3,(H,83,99)(H,84,101)(H,85,102)(H,86,100)(H,87,103)/t55-,56+,60-,61-,62+,63-,64?,65-,66-,67-,68-,72-/m0/s1. The maximum absolute atomic E-state index is 15.7. The summed E-state index contributed by atoms with van der Waals surface area (Å²) in [7, 11) is 13.5. The molecule has 0 aliphatic carbocycles. The Morgan fingerprint density at radius 3 is 1.53 bits per heavy atom. The monoisotopic (exact) mass is 1540 g/mol. The van der Waals surface area contributed by atoms with Gasteiger partial charge < -0.3 is 75.5 Å². The van der Waals surface area contributed by atoms with Crippen LogP contribution in [0.3, 0.4) is 0 Å². The van der Waals surface area contributed by atoms with E-state index in [-0.39, 0.29) is 130 Å². The molecule has 4 rings (SSSR count). The molecule has 28 nitrogen and oxygen atoms in total. The number of nitrogens with zero attached hydrogens (tertiary/aromatic N) is 8. The summed E-state index contributed by atoms with van der Waals surface area (Å²) in [5.74, 6) is -8.05. The summed E-state index contributed by atoms with van der Waals surface area (Å²) in [5, 5.41) is 26.0. The third-order valence-corrected chi connectivity index (χ3v) is 21.2. The highest BCUT2D eigenvalue weighted by molar-refractivity contribution is 6.00. The molecule has 2 heterocycles. The Bertz CT molecular complexity index is 3360. The van der Waals surface area contributed by atoms with Crippen LogP contribution in [-0.4, -0.2) is 278 Å². The number of piperidine rings is 1. The van der Waals surface area contributed by atoms with Crippen molar-refractivity contribution in [3.63, 3.8) is 0 Å². The van der Waals surface area contributed by atoms with Gasteiger partial charge in [-0.15, -0.1) is 0 Å². The third kappa shape index (κ3) is 27.9. The number of likely N-dealkylation sites (tertiary alicyclic amines) is 1. The van der Waals surface area contributed by atoms with Crippen LogP contribution in [0, 0.1) is 35.5 Å². The van der Waals surface area contributed by atoms with Crippen LogP contribution in [0.5, 0.6) is 5.75 Å². The van der Waals surface area contributed by atoms with Gasteiger partial charge in [0.1, 0.15) is 54.1 Å². The van der Waals surface area contributed by atoms with E-state index in [1.165, 1.54) is 79.8 Å². The molecule has 1 unspecified atom stereocenters. The van der Waals surface area contributed by atoms with Gasteiger partial charge >= 0.3 is 0 Å². The van der Waals surface area contributed by atoms with Crippen molar-refractivity contribution in [1.82, 2.24) is 65.8 Å². The van der Waals surface area contributed by atoms with Crippen molar-refractivity contribution < 1.29 is 72.1 Å². The molecule has 2 aliphatic heterocycles. The fraction of sp³-hybridized carbons (Fsp3) is 0.707. The summed E-state index contributed by atoms with van der Waals surface area (Å²) in [6.07, 6.45) is 1.64. The molecule has 618 valence electrons. The molecule has 0 bridgehead atoms. The number of carbonyl (C=O) groups excluding carboxylic acids is 12. The zero-order chi connectivity index (χ0) is 82.7. The molecule has 12 atom stereocenters. The number of benzene rings is 2. The number of ether oxygens (including phenoxy) is 2. The van der Waals surface area contributed by atoms with E-state index in [9.17, 15) is 29.1 Å². The fourth-order valence-corrected chi connectivity index (χ4v) is 14.2. The number of amides is 12. The maximum Gasteiger partial charge on any atom is 0.254 e. The molecule has 2 aliphatic rings. The normalized spacial score (nSPS) is 24.7. The van der Waals surface area contributed by atoms with Crippen molar-refractivity contribution in [2.75, 3.05) is 96.5 Å². The summed E-state index contributed by atoms with van der Waals surface area (Å²) in [4.78, 5) is 190. The molecule has 6 N–H and O–H groups in total. The molecular weight excluding hydrogens is 1410 g/mol. The largest absolute Gasteiger partial charge is 0.496 e. The topological polar surface area (TPSA) is 330 Å². The summed E-state index contributed by atoms with van der Waals surface area (Å²) >= 11 is 0. The van der Waals surface area contributed by atoms with Gasteiger partial charge in [0.15, 0.2) is 0 Å². The number of aliphatic hydroxyl groups excluding tert-OH is 1. The summed E-state index contributed by atoms with van der Waals surface area (Å²) in [5.41, 5.74) is 1.44. The van der Waals surface area contributed by atoms with Gasteiger partial charge in [-0.2, -0.15) is 0 Å². The van der Waals surface area contributed by atoms with Gasteiger partial charge in [-0.3, -0.25) is 62.4 Å². The number of carbonyl (C=O) groups is 12. The van der Waals surface area contributed by atoms with Gasteiger partial charge in [0, 0.05) is 81.8 Å². The lowest BCUT2D eigenvalue weighted by Gasteiger charge is -2.38. The Labute approximate surface area is 655 Å². The Hall–Kier alpha value is -8.24. The van der Waals surface area contributed by atoms with Gasteiger partial charge in [0.2, 0.25) is 65.0 Å². The predicted molar refractivity (Wildman–Crippen MR) is 423 cm³/mol. The predicted octanol–water partition coefficient (Wildman–Crippen LogP) is 5.50. The van der Waals surface area contributed by atoms with Crippen LogP contribution >= 0.6 is 0 Å². The van der Waals surface area contributed by atoms with Crippen molar-refractivity contribution in [2.45, 2.75) is 246 Å². The highest BCUT2D eigenvalue weighted by atomic mass is 16.5. The second-order valence-corrected chi connectivity index (χ2v) is 32.7. The van der Waals surface area contributed by atoms with E-state index in [1.54, 1.807) is 43.1 Å². The van der Waals surface area contributed by atoms with Crippen LogP contribution in [0.15, 0.2) is 48.5 Å². The summed E-state index contributed by atoms with van der Waals surface area (Å²) in [6, 6.07) is 2.01. The van der Waals surface area contributed by atoms with Crippen LogP contribution in [0.1, 0.15) is 189 Å². The Balaban J connectivity index is 1.97.